The van der Waals surface area contributed by atoms with Crippen molar-refractivity contribution in [2.75, 3.05) is 20.1 Å². The van der Waals surface area contributed by atoms with Crippen LogP contribution in [0.1, 0.15) is 52.4 Å². The number of hydrogen-bond acceptors (Lipinski definition) is 2. The molecule has 2 rings (SSSR count). The summed E-state index contributed by atoms with van der Waals surface area (Å²) in [5.41, 5.74) is 0.384. The lowest BCUT2D eigenvalue weighted by Gasteiger charge is -2.38. The highest BCUT2D eigenvalue weighted by Gasteiger charge is 2.32. The molecule has 1 N–H and O–H groups in total. The Bertz CT molecular complexity index is 221. The summed E-state index contributed by atoms with van der Waals surface area (Å²) in [6.07, 6.45) is 8.40. The first-order valence-electron chi connectivity index (χ1n) is 7.04. The Hall–Kier alpha value is -0.0800. The van der Waals surface area contributed by atoms with E-state index in [0.29, 0.717) is 5.54 Å². The lowest BCUT2D eigenvalue weighted by molar-refractivity contribution is 0.131. The van der Waals surface area contributed by atoms with E-state index in [-0.39, 0.29) is 0 Å². The largest absolute Gasteiger partial charge is 0.310 e. The van der Waals surface area contributed by atoms with Crippen LogP contribution in [0.3, 0.4) is 0 Å². The maximum absolute atomic E-state index is 3.67. The van der Waals surface area contributed by atoms with E-state index in [2.05, 4.69) is 31.1 Å². The molecule has 0 radical (unpaired) electrons. The highest BCUT2D eigenvalue weighted by Crippen LogP contribution is 2.28. The first-order chi connectivity index (χ1) is 7.59. The van der Waals surface area contributed by atoms with Gasteiger partial charge in [0.25, 0.3) is 0 Å². The van der Waals surface area contributed by atoms with Gasteiger partial charge in [0.2, 0.25) is 0 Å². The molecule has 1 aliphatic heterocycles. The summed E-state index contributed by atoms with van der Waals surface area (Å²) in [4.78, 5) is 2.62. The molecule has 0 aromatic carbocycles. The zero-order valence-electron chi connectivity index (χ0n) is 11.3. The van der Waals surface area contributed by atoms with Gasteiger partial charge in [0.15, 0.2) is 0 Å². The molecule has 16 heavy (non-hydrogen) atoms. The molecule has 0 bridgehead atoms. The molecule has 0 amide bonds. The molecular weight excluding hydrogens is 196 g/mol. The smallest absolute Gasteiger partial charge is 0.0280 e. The predicted molar refractivity (Wildman–Crippen MR) is 69.7 cm³/mol. The summed E-state index contributed by atoms with van der Waals surface area (Å²) >= 11 is 0. The summed E-state index contributed by atoms with van der Waals surface area (Å²) in [7, 11) is 2.33. The van der Waals surface area contributed by atoms with E-state index in [1.54, 1.807) is 0 Å². The van der Waals surface area contributed by atoms with Crippen molar-refractivity contribution in [3.05, 3.63) is 0 Å². The minimum atomic E-state index is 0.384. The van der Waals surface area contributed by atoms with Gasteiger partial charge in [0.05, 0.1) is 0 Å². The highest BCUT2D eigenvalue weighted by molar-refractivity contribution is 4.92. The number of rotatable bonds is 3. The van der Waals surface area contributed by atoms with Crippen LogP contribution in [0.2, 0.25) is 0 Å². The third kappa shape index (κ3) is 2.98. The van der Waals surface area contributed by atoms with Gasteiger partial charge in [-0.05, 0) is 52.1 Å². The summed E-state index contributed by atoms with van der Waals surface area (Å²) in [6, 6.07) is 0.836. The van der Waals surface area contributed by atoms with Crippen molar-refractivity contribution in [3.63, 3.8) is 0 Å². The molecule has 1 saturated heterocycles. The van der Waals surface area contributed by atoms with Crippen molar-refractivity contribution in [1.29, 1.82) is 0 Å². The second-order valence-corrected chi connectivity index (χ2v) is 6.43. The Morgan fingerprint density at radius 3 is 2.75 bits per heavy atom. The van der Waals surface area contributed by atoms with Crippen LogP contribution in [0, 0.1) is 5.92 Å². The fourth-order valence-electron chi connectivity index (χ4n) is 3.57. The molecule has 1 aliphatic carbocycles. The van der Waals surface area contributed by atoms with Gasteiger partial charge in [-0.3, -0.25) is 0 Å². The topological polar surface area (TPSA) is 15.3 Å². The van der Waals surface area contributed by atoms with Crippen molar-refractivity contribution >= 4 is 0 Å². The Morgan fingerprint density at radius 1 is 1.31 bits per heavy atom. The van der Waals surface area contributed by atoms with Crippen molar-refractivity contribution in [2.24, 2.45) is 5.92 Å². The van der Waals surface area contributed by atoms with E-state index < -0.39 is 0 Å². The minimum Gasteiger partial charge on any atom is -0.310 e. The first-order valence-corrected chi connectivity index (χ1v) is 7.04. The normalized spacial score (nSPS) is 40.5. The molecule has 2 fully saturated rings. The van der Waals surface area contributed by atoms with Crippen molar-refractivity contribution < 1.29 is 0 Å². The maximum atomic E-state index is 3.67. The van der Waals surface area contributed by atoms with Crippen LogP contribution < -0.4 is 5.32 Å². The molecule has 0 spiro atoms. The molecule has 2 nitrogen and oxygen atoms in total. The molecule has 1 saturated carbocycles. The molecular formula is C14H28N2. The fourth-order valence-corrected chi connectivity index (χ4v) is 3.57. The van der Waals surface area contributed by atoms with E-state index in [1.807, 2.05) is 0 Å². The minimum absolute atomic E-state index is 0.384. The van der Waals surface area contributed by atoms with E-state index in [1.165, 1.54) is 51.6 Å². The van der Waals surface area contributed by atoms with Crippen LogP contribution in [0.4, 0.5) is 0 Å². The number of nitrogens with zero attached hydrogens (tertiary/aromatic N) is 1. The molecule has 3 unspecified atom stereocenters. The molecule has 1 heterocycles. The van der Waals surface area contributed by atoms with E-state index in [0.717, 1.165) is 12.0 Å². The van der Waals surface area contributed by atoms with E-state index >= 15 is 0 Å². The SMILES string of the molecule is CC1CCCC(N(C)CC2(C)CCCN2)C1. The van der Waals surface area contributed by atoms with Crippen LogP contribution in [0.5, 0.6) is 0 Å². The number of nitrogens with one attached hydrogen (secondary N) is 1. The fraction of sp³-hybridized carbons (Fsp3) is 1.00. The lowest BCUT2D eigenvalue weighted by atomic mass is 9.85. The zero-order valence-corrected chi connectivity index (χ0v) is 11.3. The van der Waals surface area contributed by atoms with Crippen molar-refractivity contribution in [2.45, 2.75) is 64.0 Å². The monoisotopic (exact) mass is 224 g/mol. The third-order valence-corrected chi connectivity index (χ3v) is 4.59. The zero-order chi connectivity index (χ0) is 11.6. The number of hydrogen-bond donors (Lipinski definition) is 1. The summed E-state index contributed by atoms with van der Waals surface area (Å²) < 4.78 is 0. The first kappa shape index (κ1) is 12.4. The van der Waals surface area contributed by atoms with Gasteiger partial charge in [0.1, 0.15) is 0 Å². The highest BCUT2D eigenvalue weighted by atomic mass is 15.2. The van der Waals surface area contributed by atoms with E-state index in [4.69, 9.17) is 0 Å². The van der Waals surface area contributed by atoms with Crippen LogP contribution in [0.25, 0.3) is 0 Å². The average molecular weight is 224 g/mol. The Morgan fingerprint density at radius 2 is 2.12 bits per heavy atom. The molecule has 2 heteroatoms. The van der Waals surface area contributed by atoms with Crippen molar-refractivity contribution in [3.8, 4) is 0 Å². The second-order valence-electron chi connectivity index (χ2n) is 6.43. The Kier molecular flexibility index (Phi) is 3.91. The molecule has 3 atom stereocenters. The summed E-state index contributed by atoms with van der Waals surface area (Å²) in [5, 5.41) is 3.67. The van der Waals surface area contributed by atoms with Gasteiger partial charge >= 0.3 is 0 Å². The summed E-state index contributed by atoms with van der Waals surface area (Å²) in [6.45, 7) is 7.24. The molecule has 94 valence electrons. The van der Waals surface area contributed by atoms with Gasteiger partial charge in [-0.25, -0.2) is 0 Å². The third-order valence-electron chi connectivity index (χ3n) is 4.59. The molecule has 2 aliphatic rings. The predicted octanol–water partition coefficient (Wildman–Crippen LogP) is 2.64. The quantitative estimate of drug-likeness (QED) is 0.793. The number of likely N-dealkylation sites (N-methyl/N-ethyl adjacent to an activating group) is 1. The van der Waals surface area contributed by atoms with Crippen LogP contribution in [0.15, 0.2) is 0 Å². The average Bonchev–Trinajstić information content (AvgIpc) is 2.65. The van der Waals surface area contributed by atoms with Gasteiger partial charge in [-0.1, -0.05) is 19.8 Å². The van der Waals surface area contributed by atoms with Crippen LogP contribution in [-0.4, -0.2) is 36.6 Å². The van der Waals surface area contributed by atoms with Gasteiger partial charge in [-0.2, -0.15) is 0 Å². The molecule has 0 aromatic rings. The van der Waals surface area contributed by atoms with Crippen LogP contribution in [-0.2, 0) is 0 Å². The standard InChI is InChI=1S/C14H28N2/c1-12-6-4-7-13(10-12)16(3)11-14(2)8-5-9-15-14/h12-13,15H,4-11H2,1-3H3. The lowest BCUT2D eigenvalue weighted by Crippen LogP contribution is -2.50. The second kappa shape index (κ2) is 5.05. The Balaban J connectivity index is 1.84. The Labute approximate surface area is 101 Å². The van der Waals surface area contributed by atoms with Crippen LogP contribution >= 0.6 is 0 Å². The van der Waals surface area contributed by atoms with Gasteiger partial charge in [0, 0.05) is 18.1 Å². The summed E-state index contributed by atoms with van der Waals surface area (Å²) in [5.74, 6) is 0.936. The van der Waals surface area contributed by atoms with Gasteiger partial charge < -0.3 is 10.2 Å². The maximum Gasteiger partial charge on any atom is 0.0280 e. The van der Waals surface area contributed by atoms with E-state index in [9.17, 15) is 0 Å². The molecule has 0 aromatic heterocycles. The van der Waals surface area contributed by atoms with Crippen molar-refractivity contribution in [1.82, 2.24) is 10.2 Å². The van der Waals surface area contributed by atoms with Gasteiger partial charge in [-0.15, -0.1) is 0 Å².